The van der Waals surface area contributed by atoms with Crippen molar-refractivity contribution in [2.24, 2.45) is 0 Å². The smallest absolute Gasteiger partial charge is 0.0941 e. The quantitative estimate of drug-likeness (QED) is 0.376. The SMILES string of the molecule is CCCCN1C=CN(c2cc3c4ccccc4n4c5ccccc5c(c2)c34)C1. The molecule has 1 aliphatic heterocycles. The second kappa shape index (κ2) is 5.90. The van der Waals surface area contributed by atoms with E-state index in [9.17, 15) is 0 Å². The number of unbranched alkanes of at least 4 members (excludes halogenated alkanes) is 1. The van der Waals surface area contributed by atoms with Gasteiger partial charge in [0.1, 0.15) is 0 Å². The van der Waals surface area contributed by atoms with E-state index < -0.39 is 0 Å². The van der Waals surface area contributed by atoms with E-state index in [1.54, 1.807) is 0 Å². The first-order valence-electron chi connectivity index (χ1n) is 10.2. The molecule has 0 saturated carbocycles. The Hall–Kier alpha value is -3.20. The summed E-state index contributed by atoms with van der Waals surface area (Å²) >= 11 is 0. The number of fused-ring (bicyclic) bond motifs is 6. The highest BCUT2D eigenvalue weighted by molar-refractivity contribution is 6.24. The van der Waals surface area contributed by atoms with Crippen LogP contribution in [0.5, 0.6) is 0 Å². The molecule has 0 N–H and O–H groups in total. The molecule has 0 atom stereocenters. The first-order chi connectivity index (χ1) is 13.8. The van der Waals surface area contributed by atoms with Crippen molar-refractivity contribution >= 4 is 43.8 Å². The van der Waals surface area contributed by atoms with E-state index in [1.165, 1.54) is 56.6 Å². The molecule has 0 spiro atoms. The standard InChI is InChI=1S/C25H23N3/c1-2-3-12-26-13-14-27(17-26)18-15-21-19-8-4-6-10-23(19)28-24-11-7-5-9-20(24)22(16-18)25(21)28/h4-11,13-16H,2-3,12,17H2,1H3. The Kier molecular flexibility index (Phi) is 3.33. The Morgan fingerprint density at radius 2 is 1.43 bits per heavy atom. The number of hydrogen-bond donors (Lipinski definition) is 0. The third-order valence-corrected chi connectivity index (χ3v) is 6.11. The van der Waals surface area contributed by atoms with E-state index in [0.717, 1.165) is 13.2 Å². The molecule has 0 unspecified atom stereocenters. The number of rotatable bonds is 4. The highest BCUT2D eigenvalue weighted by atomic mass is 15.3. The van der Waals surface area contributed by atoms with Gasteiger partial charge in [0.2, 0.25) is 0 Å². The number of nitrogens with zero attached hydrogens (tertiary/aromatic N) is 3. The van der Waals surface area contributed by atoms with Gasteiger partial charge in [0.25, 0.3) is 0 Å². The summed E-state index contributed by atoms with van der Waals surface area (Å²) in [6.07, 6.45) is 6.93. The second-order valence-corrected chi connectivity index (χ2v) is 7.83. The minimum Gasteiger partial charge on any atom is -0.358 e. The van der Waals surface area contributed by atoms with Crippen LogP contribution in [0.2, 0.25) is 0 Å². The van der Waals surface area contributed by atoms with Crippen LogP contribution in [0.25, 0.3) is 38.1 Å². The van der Waals surface area contributed by atoms with Crippen molar-refractivity contribution in [2.45, 2.75) is 19.8 Å². The molecule has 28 heavy (non-hydrogen) atoms. The maximum Gasteiger partial charge on any atom is 0.0941 e. The summed E-state index contributed by atoms with van der Waals surface area (Å²) in [6, 6.07) is 22.3. The zero-order valence-electron chi connectivity index (χ0n) is 16.1. The molecule has 3 heterocycles. The van der Waals surface area contributed by atoms with Gasteiger partial charge in [-0.05, 0) is 30.7 Å². The lowest BCUT2D eigenvalue weighted by Gasteiger charge is -2.21. The van der Waals surface area contributed by atoms with Gasteiger partial charge in [-0.3, -0.25) is 0 Å². The largest absolute Gasteiger partial charge is 0.358 e. The summed E-state index contributed by atoms with van der Waals surface area (Å²) in [5.74, 6) is 0. The maximum atomic E-state index is 2.44. The highest BCUT2D eigenvalue weighted by Gasteiger charge is 2.20. The van der Waals surface area contributed by atoms with E-state index in [-0.39, 0.29) is 0 Å². The number of aromatic nitrogens is 1. The van der Waals surface area contributed by atoms with Gasteiger partial charge in [-0.15, -0.1) is 0 Å². The number of benzene rings is 3. The molecule has 6 rings (SSSR count). The van der Waals surface area contributed by atoms with Crippen molar-refractivity contribution < 1.29 is 0 Å². The Morgan fingerprint density at radius 3 is 2.07 bits per heavy atom. The van der Waals surface area contributed by atoms with E-state index in [2.05, 4.69) is 94.2 Å². The van der Waals surface area contributed by atoms with Crippen LogP contribution < -0.4 is 4.90 Å². The monoisotopic (exact) mass is 365 g/mol. The van der Waals surface area contributed by atoms with E-state index >= 15 is 0 Å². The van der Waals surface area contributed by atoms with E-state index in [1.807, 2.05) is 0 Å². The van der Waals surface area contributed by atoms with Crippen LogP contribution in [-0.4, -0.2) is 22.5 Å². The second-order valence-electron chi connectivity index (χ2n) is 7.83. The van der Waals surface area contributed by atoms with Gasteiger partial charge in [-0.1, -0.05) is 49.7 Å². The first kappa shape index (κ1) is 15.8. The third-order valence-electron chi connectivity index (χ3n) is 6.11. The molecule has 1 aliphatic rings. The Morgan fingerprint density at radius 1 is 0.786 bits per heavy atom. The van der Waals surface area contributed by atoms with Crippen molar-refractivity contribution in [2.75, 3.05) is 18.1 Å². The summed E-state index contributed by atoms with van der Waals surface area (Å²) in [4.78, 5) is 4.78. The van der Waals surface area contributed by atoms with Crippen LogP contribution in [0.3, 0.4) is 0 Å². The zero-order chi connectivity index (χ0) is 18.7. The van der Waals surface area contributed by atoms with Gasteiger partial charge < -0.3 is 14.2 Å². The van der Waals surface area contributed by atoms with Crippen LogP contribution in [-0.2, 0) is 0 Å². The average molecular weight is 365 g/mol. The summed E-state index contributed by atoms with van der Waals surface area (Å²) in [7, 11) is 0. The van der Waals surface area contributed by atoms with Crippen molar-refractivity contribution in [3.8, 4) is 0 Å². The van der Waals surface area contributed by atoms with Gasteiger partial charge in [0.05, 0.1) is 23.2 Å². The van der Waals surface area contributed by atoms with Crippen molar-refractivity contribution in [1.29, 1.82) is 0 Å². The zero-order valence-corrected chi connectivity index (χ0v) is 16.1. The van der Waals surface area contributed by atoms with Crippen LogP contribution in [0.4, 0.5) is 5.69 Å². The lowest BCUT2D eigenvalue weighted by Crippen LogP contribution is -2.25. The topological polar surface area (TPSA) is 10.9 Å². The lowest BCUT2D eigenvalue weighted by atomic mass is 10.1. The number of para-hydroxylation sites is 2. The fourth-order valence-electron chi connectivity index (χ4n) is 4.74. The number of hydrogen-bond acceptors (Lipinski definition) is 2. The summed E-state index contributed by atoms with van der Waals surface area (Å²) < 4.78 is 2.44. The Balaban J connectivity index is 1.60. The van der Waals surface area contributed by atoms with Crippen LogP contribution in [0, 0.1) is 0 Å². The third kappa shape index (κ3) is 2.10. The first-order valence-corrected chi connectivity index (χ1v) is 10.2. The molecular weight excluding hydrogens is 342 g/mol. The van der Waals surface area contributed by atoms with E-state index in [4.69, 9.17) is 0 Å². The normalized spacial score (nSPS) is 14.6. The van der Waals surface area contributed by atoms with Gasteiger partial charge in [-0.25, -0.2) is 0 Å². The van der Waals surface area contributed by atoms with Crippen molar-refractivity contribution in [1.82, 2.24) is 9.30 Å². The Labute approximate surface area is 164 Å². The van der Waals surface area contributed by atoms with Crippen molar-refractivity contribution in [3.63, 3.8) is 0 Å². The fraction of sp³-hybridized carbons (Fsp3) is 0.200. The summed E-state index contributed by atoms with van der Waals surface area (Å²) in [5, 5.41) is 5.36. The predicted octanol–water partition coefficient (Wildman–Crippen LogP) is 6.19. The fourth-order valence-corrected chi connectivity index (χ4v) is 4.74. The van der Waals surface area contributed by atoms with Crippen LogP contribution >= 0.6 is 0 Å². The maximum absolute atomic E-state index is 2.44. The molecule has 3 nitrogen and oxygen atoms in total. The van der Waals surface area contributed by atoms with Gasteiger partial charge in [0, 0.05) is 46.2 Å². The molecule has 0 radical (unpaired) electrons. The summed E-state index contributed by atoms with van der Waals surface area (Å²) in [6.45, 7) is 4.31. The molecule has 0 bridgehead atoms. The summed E-state index contributed by atoms with van der Waals surface area (Å²) in [5.41, 5.74) is 5.21. The average Bonchev–Trinajstić information content (AvgIpc) is 3.43. The van der Waals surface area contributed by atoms with Gasteiger partial charge in [0.15, 0.2) is 0 Å². The molecular formula is C25H23N3. The predicted molar refractivity (Wildman–Crippen MR) is 119 cm³/mol. The minimum absolute atomic E-state index is 0.936. The number of anilines is 1. The lowest BCUT2D eigenvalue weighted by molar-refractivity contribution is 0.396. The molecule has 0 aliphatic carbocycles. The molecule has 0 fully saturated rings. The molecule has 2 aromatic heterocycles. The minimum atomic E-state index is 0.936. The molecule has 3 aromatic carbocycles. The van der Waals surface area contributed by atoms with Gasteiger partial charge >= 0.3 is 0 Å². The van der Waals surface area contributed by atoms with Crippen LogP contribution in [0.1, 0.15) is 19.8 Å². The highest BCUT2D eigenvalue weighted by Crippen LogP contribution is 2.41. The molecule has 5 aromatic rings. The molecule has 3 heteroatoms. The van der Waals surface area contributed by atoms with Crippen molar-refractivity contribution in [3.05, 3.63) is 73.1 Å². The van der Waals surface area contributed by atoms with Gasteiger partial charge in [-0.2, -0.15) is 0 Å². The Bertz CT molecular complexity index is 1260. The molecule has 0 amide bonds. The van der Waals surface area contributed by atoms with E-state index in [0.29, 0.717) is 0 Å². The molecule has 138 valence electrons. The van der Waals surface area contributed by atoms with Crippen LogP contribution in [0.15, 0.2) is 73.1 Å². The molecule has 0 saturated heterocycles.